The van der Waals surface area contributed by atoms with Gasteiger partial charge in [-0.3, -0.25) is 4.79 Å². The maximum absolute atomic E-state index is 14.1. The molecule has 2 aromatic rings. The minimum absolute atomic E-state index is 0.0300. The number of methoxy groups -OCH3 is 1. The molecule has 0 aliphatic heterocycles. The third kappa shape index (κ3) is 6.46. The molecule has 0 unspecified atom stereocenters. The number of aromatic nitrogens is 1. The lowest BCUT2D eigenvalue weighted by molar-refractivity contribution is 0.103. The molecule has 4 nitrogen and oxygen atoms in total. The van der Waals surface area contributed by atoms with Crippen molar-refractivity contribution in [1.29, 1.82) is 0 Å². The zero-order valence-corrected chi connectivity index (χ0v) is 24.9. The van der Waals surface area contributed by atoms with Crippen LogP contribution in [-0.2, 0) is 10.8 Å². The standard InChI is InChI=1S/C31H43NO3Si/c1-20(2)27-28(26(19-23-13-14-23)22(4)32-30(27)34-8)29(33)25-17-21(3)16-24(18-25)12-11-15-35-36(9,10)31(5,6)7/h16-18,20,23H,13-15,19H2,1-10H3. The molecule has 5 heteroatoms. The van der Waals surface area contributed by atoms with Gasteiger partial charge in [-0.2, -0.15) is 0 Å². The number of benzene rings is 1. The Morgan fingerprint density at radius 2 is 1.83 bits per heavy atom. The number of nitrogens with zero attached hydrogens (tertiary/aromatic N) is 1. The summed E-state index contributed by atoms with van der Waals surface area (Å²) in [5.41, 5.74) is 6.16. The first-order chi connectivity index (χ1) is 16.7. The summed E-state index contributed by atoms with van der Waals surface area (Å²) in [6.07, 6.45) is 3.33. The fourth-order valence-electron chi connectivity index (χ4n) is 4.24. The van der Waals surface area contributed by atoms with Gasteiger partial charge >= 0.3 is 0 Å². The zero-order valence-electron chi connectivity index (χ0n) is 23.9. The van der Waals surface area contributed by atoms with E-state index in [4.69, 9.17) is 14.1 Å². The van der Waals surface area contributed by atoms with E-state index in [9.17, 15) is 4.79 Å². The van der Waals surface area contributed by atoms with Crippen LogP contribution in [0.3, 0.4) is 0 Å². The van der Waals surface area contributed by atoms with Crippen molar-refractivity contribution in [2.75, 3.05) is 13.7 Å². The number of ketones is 1. The van der Waals surface area contributed by atoms with Crippen LogP contribution >= 0.6 is 0 Å². The van der Waals surface area contributed by atoms with Crippen LogP contribution in [0.4, 0.5) is 0 Å². The van der Waals surface area contributed by atoms with Gasteiger partial charge in [0.25, 0.3) is 0 Å². The zero-order chi connectivity index (χ0) is 26.8. The minimum atomic E-state index is -1.85. The van der Waals surface area contributed by atoms with Crippen LogP contribution in [-0.4, -0.2) is 32.8 Å². The summed E-state index contributed by atoms with van der Waals surface area (Å²) in [6, 6.07) is 5.91. The lowest BCUT2D eigenvalue weighted by atomic mass is 9.86. The molecule has 1 aliphatic rings. The van der Waals surface area contributed by atoms with E-state index in [1.807, 2.05) is 32.0 Å². The van der Waals surface area contributed by atoms with E-state index in [0.717, 1.165) is 39.9 Å². The van der Waals surface area contributed by atoms with E-state index in [0.29, 0.717) is 24.0 Å². The second kappa shape index (κ2) is 10.9. The summed E-state index contributed by atoms with van der Waals surface area (Å²) in [5.74, 6) is 7.77. The van der Waals surface area contributed by atoms with Crippen molar-refractivity contribution in [2.24, 2.45) is 5.92 Å². The van der Waals surface area contributed by atoms with Gasteiger partial charge in [0.1, 0.15) is 0 Å². The number of hydrogen-bond donors (Lipinski definition) is 0. The van der Waals surface area contributed by atoms with E-state index < -0.39 is 8.32 Å². The van der Waals surface area contributed by atoms with Crippen LogP contribution in [0.1, 0.15) is 97.2 Å². The Morgan fingerprint density at radius 3 is 2.39 bits per heavy atom. The average molecular weight is 506 g/mol. The maximum Gasteiger partial charge on any atom is 0.217 e. The summed E-state index contributed by atoms with van der Waals surface area (Å²) in [5, 5.41) is 0.146. The molecule has 0 bridgehead atoms. The van der Waals surface area contributed by atoms with Crippen molar-refractivity contribution < 1.29 is 14.0 Å². The van der Waals surface area contributed by atoms with Crippen LogP contribution < -0.4 is 4.74 Å². The first-order valence-corrected chi connectivity index (χ1v) is 16.0. The van der Waals surface area contributed by atoms with Crippen molar-refractivity contribution in [1.82, 2.24) is 4.98 Å². The Balaban J connectivity index is 2.00. The van der Waals surface area contributed by atoms with Crippen LogP contribution in [0.5, 0.6) is 5.88 Å². The molecule has 0 amide bonds. The first-order valence-electron chi connectivity index (χ1n) is 13.1. The molecule has 194 valence electrons. The molecule has 3 rings (SSSR count). The number of carbonyl (C=O) groups excluding carboxylic acids is 1. The number of pyridine rings is 1. The van der Waals surface area contributed by atoms with Crippen LogP contribution in [0.15, 0.2) is 18.2 Å². The highest BCUT2D eigenvalue weighted by atomic mass is 28.4. The van der Waals surface area contributed by atoms with Crippen molar-refractivity contribution in [3.63, 3.8) is 0 Å². The van der Waals surface area contributed by atoms with E-state index in [-0.39, 0.29) is 16.7 Å². The van der Waals surface area contributed by atoms with Gasteiger partial charge in [0.2, 0.25) is 5.88 Å². The quantitative estimate of drug-likeness (QED) is 0.213. The molecule has 1 fully saturated rings. The van der Waals surface area contributed by atoms with Crippen molar-refractivity contribution in [3.8, 4) is 17.7 Å². The lowest BCUT2D eigenvalue weighted by Gasteiger charge is -2.35. The first kappa shape index (κ1) is 28.2. The van der Waals surface area contributed by atoms with Crippen LogP contribution in [0, 0.1) is 31.6 Å². The molecule has 1 aliphatic carbocycles. The smallest absolute Gasteiger partial charge is 0.217 e. The molecule has 0 saturated heterocycles. The molecule has 0 N–H and O–H groups in total. The van der Waals surface area contributed by atoms with Crippen LogP contribution in [0.2, 0.25) is 18.1 Å². The molecule has 1 aromatic heterocycles. The third-order valence-corrected chi connectivity index (χ3v) is 12.1. The second-order valence-corrected chi connectivity index (χ2v) is 16.9. The monoisotopic (exact) mass is 505 g/mol. The molecular formula is C31H43NO3Si. The van der Waals surface area contributed by atoms with E-state index in [1.165, 1.54) is 12.8 Å². The van der Waals surface area contributed by atoms with Gasteiger partial charge in [-0.25, -0.2) is 4.98 Å². The predicted molar refractivity (Wildman–Crippen MR) is 151 cm³/mol. The van der Waals surface area contributed by atoms with Gasteiger partial charge < -0.3 is 9.16 Å². The fraction of sp³-hybridized carbons (Fsp3) is 0.548. The average Bonchev–Trinajstić information content (AvgIpc) is 3.60. The van der Waals surface area contributed by atoms with Gasteiger partial charge in [0.05, 0.1) is 13.7 Å². The maximum atomic E-state index is 14.1. The summed E-state index contributed by atoms with van der Waals surface area (Å²) in [4.78, 5) is 18.9. The van der Waals surface area contributed by atoms with Crippen LogP contribution in [0.25, 0.3) is 0 Å². The van der Waals surface area contributed by atoms with Crippen molar-refractivity contribution in [3.05, 3.63) is 57.3 Å². The number of ether oxygens (including phenoxy) is 1. The molecule has 0 spiro atoms. The molecule has 36 heavy (non-hydrogen) atoms. The highest BCUT2D eigenvalue weighted by Crippen LogP contribution is 2.39. The van der Waals surface area contributed by atoms with Gasteiger partial charge in [-0.1, -0.05) is 46.5 Å². The molecule has 0 atom stereocenters. The summed E-state index contributed by atoms with van der Waals surface area (Å²) >= 11 is 0. The highest BCUT2D eigenvalue weighted by Gasteiger charge is 2.36. The number of carbonyl (C=O) groups is 1. The predicted octanol–water partition coefficient (Wildman–Crippen LogP) is 7.39. The topological polar surface area (TPSA) is 48.4 Å². The summed E-state index contributed by atoms with van der Waals surface area (Å²) in [7, 11) is -0.214. The normalized spacial score (nSPS) is 14.0. The Bertz CT molecular complexity index is 1190. The van der Waals surface area contributed by atoms with Gasteiger partial charge in [-0.15, -0.1) is 0 Å². The molecule has 1 heterocycles. The molecule has 1 aromatic carbocycles. The molecule has 1 saturated carbocycles. The number of rotatable bonds is 8. The number of aryl methyl sites for hydroxylation is 2. The van der Waals surface area contributed by atoms with E-state index in [1.54, 1.807) is 7.11 Å². The molecule has 0 radical (unpaired) electrons. The summed E-state index contributed by atoms with van der Waals surface area (Å²) in [6.45, 7) is 19.7. The lowest BCUT2D eigenvalue weighted by Crippen LogP contribution is -2.40. The molecular weight excluding hydrogens is 462 g/mol. The van der Waals surface area contributed by atoms with Crippen molar-refractivity contribution >= 4 is 14.1 Å². The van der Waals surface area contributed by atoms with Crippen molar-refractivity contribution in [2.45, 2.75) is 91.8 Å². The highest BCUT2D eigenvalue weighted by molar-refractivity contribution is 6.74. The minimum Gasteiger partial charge on any atom is -0.481 e. The van der Waals surface area contributed by atoms with Gasteiger partial charge in [0.15, 0.2) is 14.1 Å². The Hall–Kier alpha value is -2.42. The second-order valence-electron chi connectivity index (χ2n) is 12.0. The number of hydrogen-bond acceptors (Lipinski definition) is 4. The largest absolute Gasteiger partial charge is 0.481 e. The van der Waals surface area contributed by atoms with E-state index in [2.05, 4.69) is 59.6 Å². The van der Waals surface area contributed by atoms with E-state index >= 15 is 0 Å². The Morgan fingerprint density at radius 1 is 1.17 bits per heavy atom. The third-order valence-electron chi connectivity index (χ3n) is 7.58. The Labute approximate surface area is 219 Å². The fourth-order valence-corrected chi connectivity index (χ4v) is 5.11. The van der Waals surface area contributed by atoms with Gasteiger partial charge in [0, 0.05) is 27.9 Å². The Kier molecular flexibility index (Phi) is 8.53. The SMILES string of the molecule is COc1nc(C)c(CC2CC2)c(C(=O)c2cc(C)cc(C#CCO[Si](C)(C)C(C)(C)C)c2)c1C(C)C. The summed E-state index contributed by atoms with van der Waals surface area (Å²) < 4.78 is 11.9. The van der Waals surface area contributed by atoms with Gasteiger partial charge in [-0.05, 0) is 92.4 Å².